The average Bonchev–Trinajstić information content (AvgIpc) is 2.39. The van der Waals surface area contributed by atoms with Gasteiger partial charge in [-0.05, 0) is 19.8 Å². The Hall–Kier alpha value is -1.60. The van der Waals surface area contributed by atoms with Crippen molar-refractivity contribution in [1.29, 1.82) is 0 Å². The van der Waals surface area contributed by atoms with Crippen LogP contribution in [0.2, 0.25) is 0 Å². The molecule has 2 rings (SSSR count). The Bertz CT molecular complexity index is 417. The van der Waals surface area contributed by atoms with Gasteiger partial charge in [-0.25, -0.2) is 9.97 Å². The number of ether oxygens (including phenoxy) is 2. The number of rotatable bonds is 5. The number of nitro groups is 1. The molecule has 1 atom stereocenters. The average molecular weight is 267 g/mol. The summed E-state index contributed by atoms with van der Waals surface area (Å²) in [5.74, 6) is 0.634. The van der Waals surface area contributed by atoms with Gasteiger partial charge < -0.3 is 9.47 Å². The number of hydrogen-bond acceptors (Lipinski definition) is 6. The van der Waals surface area contributed by atoms with E-state index in [1.807, 2.05) is 0 Å². The van der Waals surface area contributed by atoms with Gasteiger partial charge in [-0.2, -0.15) is 0 Å². The predicted octanol–water partition coefficient (Wildman–Crippen LogP) is 1.30. The topological polar surface area (TPSA) is 87.4 Å². The Balaban J connectivity index is 2.06. The van der Waals surface area contributed by atoms with E-state index in [0.29, 0.717) is 24.6 Å². The lowest BCUT2D eigenvalue weighted by molar-refractivity contribution is -0.494. The van der Waals surface area contributed by atoms with E-state index < -0.39 is 6.10 Å². The molecule has 1 aliphatic rings. The second kappa shape index (κ2) is 6.53. The van der Waals surface area contributed by atoms with Crippen molar-refractivity contribution < 1.29 is 14.4 Å². The molecule has 2 heterocycles. The molecule has 1 aliphatic heterocycles. The van der Waals surface area contributed by atoms with Crippen LogP contribution in [0.5, 0.6) is 0 Å². The van der Waals surface area contributed by atoms with Crippen molar-refractivity contribution >= 4 is 0 Å². The van der Waals surface area contributed by atoms with Crippen molar-refractivity contribution in [3.63, 3.8) is 0 Å². The summed E-state index contributed by atoms with van der Waals surface area (Å²) in [7, 11) is 0. The predicted molar refractivity (Wildman–Crippen MR) is 66.3 cm³/mol. The van der Waals surface area contributed by atoms with E-state index in [-0.39, 0.29) is 17.6 Å². The van der Waals surface area contributed by atoms with Crippen LogP contribution in [0.25, 0.3) is 0 Å². The summed E-state index contributed by atoms with van der Waals surface area (Å²) in [5.41, 5.74) is 0.647. The number of aromatic nitrogens is 2. The summed E-state index contributed by atoms with van der Waals surface area (Å²) in [4.78, 5) is 18.5. The number of hydrogen-bond donors (Lipinski definition) is 0. The highest BCUT2D eigenvalue weighted by molar-refractivity contribution is 5.09. The molecule has 0 saturated carbocycles. The van der Waals surface area contributed by atoms with Crippen molar-refractivity contribution in [3.8, 4) is 0 Å². The zero-order chi connectivity index (χ0) is 13.7. The zero-order valence-corrected chi connectivity index (χ0v) is 10.8. The lowest BCUT2D eigenvalue weighted by atomic mass is 10.1. The molecule has 0 amide bonds. The first-order valence-electron chi connectivity index (χ1n) is 6.28. The highest BCUT2D eigenvalue weighted by Gasteiger charge is 2.25. The summed E-state index contributed by atoms with van der Waals surface area (Å²) in [6, 6.07) is 0. The van der Waals surface area contributed by atoms with Crippen molar-refractivity contribution in [1.82, 2.24) is 9.97 Å². The van der Waals surface area contributed by atoms with E-state index >= 15 is 0 Å². The molecular formula is C12H17N3O4. The van der Waals surface area contributed by atoms with Crippen LogP contribution >= 0.6 is 0 Å². The molecule has 0 radical (unpaired) electrons. The van der Waals surface area contributed by atoms with E-state index in [2.05, 4.69) is 9.97 Å². The second-order valence-corrected chi connectivity index (χ2v) is 4.52. The van der Waals surface area contributed by atoms with Gasteiger partial charge in [0.1, 0.15) is 5.82 Å². The van der Waals surface area contributed by atoms with Crippen molar-refractivity contribution in [2.24, 2.45) is 0 Å². The first kappa shape index (κ1) is 13.8. The number of nitrogens with zero attached hydrogens (tertiary/aromatic N) is 3. The molecule has 7 nitrogen and oxygen atoms in total. The zero-order valence-electron chi connectivity index (χ0n) is 10.8. The molecule has 1 aromatic rings. The summed E-state index contributed by atoms with van der Waals surface area (Å²) in [5, 5.41) is 10.8. The molecule has 0 aromatic carbocycles. The van der Waals surface area contributed by atoms with Gasteiger partial charge in [0, 0.05) is 36.1 Å². The van der Waals surface area contributed by atoms with Crippen LogP contribution < -0.4 is 0 Å². The third-order valence-electron chi connectivity index (χ3n) is 3.01. The van der Waals surface area contributed by atoms with Gasteiger partial charge in [0.15, 0.2) is 6.10 Å². The minimum absolute atomic E-state index is 0.00000283. The fourth-order valence-corrected chi connectivity index (χ4v) is 1.98. The first-order chi connectivity index (χ1) is 9.15. The fraction of sp³-hybridized carbons (Fsp3) is 0.667. The van der Waals surface area contributed by atoms with Gasteiger partial charge >= 0.3 is 0 Å². The van der Waals surface area contributed by atoms with E-state index in [1.54, 1.807) is 19.3 Å². The molecule has 1 unspecified atom stereocenters. The molecule has 19 heavy (non-hydrogen) atoms. The molecule has 1 saturated heterocycles. The maximum atomic E-state index is 10.8. The maximum absolute atomic E-state index is 10.8. The molecule has 7 heteroatoms. The largest absolute Gasteiger partial charge is 0.381 e. The summed E-state index contributed by atoms with van der Waals surface area (Å²) in [6.45, 7) is 2.77. The normalized spacial score (nSPS) is 18.2. The Morgan fingerprint density at radius 2 is 2.11 bits per heavy atom. The molecule has 0 bridgehead atoms. The monoisotopic (exact) mass is 267 g/mol. The van der Waals surface area contributed by atoms with Crippen molar-refractivity contribution in [3.05, 3.63) is 33.9 Å². The third kappa shape index (κ3) is 4.22. The van der Waals surface area contributed by atoms with Gasteiger partial charge in [0.05, 0.1) is 6.10 Å². The fourth-order valence-electron chi connectivity index (χ4n) is 1.98. The Morgan fingerprint density at radius 3 is 2.68 bits per heavy atom. The highest BCUT2D eigenvalue weighted by Crippen LogP contribution is 2.22. The van der Waals surface area contributed by atoms with Crippen LogP contribution in [0.3, 0.4) is 0 Å². The Morgan fingerprint density at radius 1 is 1.47 bits per heavy atom. The van der Waals surface area contributed by atoms with Crippen LogP contribution in [-0.4, -0.2) is 40.8 Å². The van der Waals surface area contributed by atoms with E-state index in [9.17, 15) is 10.1 Å². The third-order valence-corrected chi connectivity index (χ3v) is 3.01. The van der Waals surface area contributed by atoms with Gasteiger partial charge in [-0.1, -0.05) is 0 Å². The maximum Gasteiger partial charge on any atom is 0.233 e. The van der Waals surface area contributed by atoms with E-state index in [4.69, 9.17) is 9.47 Å². The molecule has 0 aliphatic carbocycles. The Kier molecular flexibility index (Phi) is 4.75. The summed E-state index contributed by atoms with van der Waals surface area (Å²) < 4.78 is 11.1. The summed E-state index contributed by atoms with van der Waals surface area (Å²) in [6.07, 6.45) is 4.12. The molecule has 104 valence electrons. The number of aryl methyl sites for hydroxylation is 1. The molecular weight excluding hydrogens is 250 g/mol. The van der Waals surface area contributed by atoms with Crippen molar-refractivity contribution in [2.45, 2.75) is 32.0 Å². The van der Waals surface area contributed by atoms with Crippen molar-refractivity contribution in [2.75, 3.05) is 19.8 Å². The lowest BCUT2D eigenvalue weighted by Crippen LogP contribution is -2.28. The van der Waals surface area contributed by atoms with E-state index in [1.165, 1.54) is 0 Å². The van der Waals surface area contributed by atoms with Gasteiger partial charge in [-0.3, -0.25) is 10.1 Å². The van der Waals surface area contributed by atoms with Crippen LogP contribution in [0, 0.1) is 17.0 Å². The second-order valence-electron chi connectivity index (χ2n) is 4.52. The highest BCUT2D eigenvalue weighted by atomic mass is 16.6. The van der Waals surface area contributed by atoms with Gasteiger partial charge in [0.2, 0.25) is 6.54 Å². The molecule has 0 N–H and O–H groups in total. The van der Waals surface area contributed by atoms with E-state index in [0.717, 1.165) is 12.8 Å². The Labute approximate surface area is 111 Å². The van der Waals surface area contributed by atoms with Crippen LogP contribution in [0.1, 0.15) is 30.3 Å². The quantitative estimate of drug-likeness (QED) is 0.590. The first-order valence-corrected chi connectivity index (χ1v) is 6.28. The SMILES string of the molecule is Cc1ncc(C(C[N+](=O)[O-])OC2CCOCC2)cn1. The van der Waals surface area contributed by atoms with Crippen LogP contribution in [0.4, 0.5) is 0 Å². The minimum atomic E-state index is -0.598. The van der Waals surface area contributed by atoms with Crippen LogP contribution in [0.15, 0.2) is 12.4 Å². The van der Waals surface area contributed by atoms with Gasteiger partial charge in [0.25, 0.3) is 0 Å². The molecule has 0 spiro atoms. The standard InChI is InChI=1S/C12H17N3O4/c1-9-13-6-10(7-14-9)12(8-15(16)17)19-11-2-4-18-5-3-11/h6-7,11-12H,2-5,8H2,1H3. The smallest absolute Gasteiger partial charge is 0.233 e. The summed E-state index contributed by atoms with van der Waals surface area (Å²) >= 11 is 0. The van der Waals surface area contributed by atoms with Gasteiger partial charge in [-0.15, -0.1) is 0 Å². The minimum Gasteiger partial charge on any atom is -0.381 e. The molecule has 1 aromatic heterocycles. The molecule has 1 fully saturated rings. The lowest BCUT2D eigenvalue weighted by Gasteiger charge is -2.26. The van der Waals surface area contributed by atoms with Crippen LogP contribution in [-0.2, 0) is 9.47 Å².